The van der Waals surface area contributed by atoms with Gasteiger partial charge in [-0.2, -0.15) is 0 Å². The van der Waals surface area contributed by atoms with Gasteiger partial charge in [0.25, 0.3) is 0 Å². The van der Waals surface area contributed by atoms with Crippen molar-refractivity contribution in [2.75, 3.05) is 13.2 Å². The SMILES string of the molecule is C#CC1(O)CCC2[C@@H]3CC=C4CC5(CC[C@]4(C)C3CCC21C)OCCO5. The third kappa shape index (κ3) is 2.02. The van der Waals surface area contributed by atoms with Crippen molar-refractivity contribution in [1.82, 2.24) is 0 Å². The summed E-state index contributed by atoms with van der Waals surface area (Å²) in [6.45, 7) is 6.23. The van der Waals surface area contributed by atoms with Crippen molar-refractivity contribution in [2.24, 2.45) is 28.6 Å². The van der Waals surface area contributed by atoms with E-state index in [1.165, 1.54) is 6.42 Å². The fourth-order valence-corrected chi connectivity index (χ4v) is 7.60. The van der Waals surface area contributed by atoms with Crippen LogP contribution in [0.15, 0.2) is 11.6 Å². The minimum Gasteiger partial charge on any atom is -0.377 e. The van der Waals surface area contributed by atoms with E-state index in [0.29, 0.717) is 17.8 Å². The van der Waals surface area contributed by atoms with Crippen LogP contribution in [0.25, 0.3) is 0 Å². The van der Waals surface area contributed by atoms with Gasteiger partial charge in [0.2, 0.25) is 0 Å². The maximum absolute atomic E-state index is 11.1. The molecule has 3 nitrogen and oxygen atoms in total. The monoisotopic (exact) mass is 356 g/mol. The van der Waals surface area contributed by atoms with Gasteiger partial charge in [-0.15, -0.1) is 6.42 Å². The minimum atomic E-state index is -0.907. The second kappa shape index (κ2) is 5.37. The van der Waals surface area contributed by atoms with Crippen LogP contribution in [0, 0.1) is 40.9 Å². The first-order chi connectivity index (χ1) is 12.4. The first kappa shape index (κ1) is 17.3. The molecule has 0 aromatic carbocycles. The van der Waals surface area contributed by atoms with Gasteiger partial charge >= 0.3 is 0 Å². The van der Waals surface area contributed by atoms with Gasteiger partial charge < -0.3 is 14.6 Å². The first-order valence-corrected chi connectivity index (χ1v) is 10.5. The summed E-state index contributed by atoms with van der Waals surface area (Å²) >= 11 is 0. The molecule has 4 unspecified atom stereocenters. The molecule has 26 heavy (non-hydrogen) atoms. The van der Waals surface area contributed by atoms with Crippen LogP contribution in [0.1, 0.15) is 65.2 Å². The van der Waals surface area contributed by atoms with E-state index in [0.717, 1.165) is 58.2 Å². The molecule has 6 atom stereocenters. The number of hydrogen-bond acceptors (Lipinski definition) is 3. The summed E-state index contributed by atoms with van der Waals surface area (Å²) in [6.07, 6.45) is 16.6. The lowest BCUT2D eigenvalue weighted by molar-refractivity contribution is -0.186. The molecule has 0 radical (unpaired) electrons. The van der Waals surface area contributed by atoms with E-state index in [1.807, 2.05) is 0 Å². The second-order valence-corrected chi connectivity index (χ2v) is 10.0. The van der Waals surface area contributed by atoms with Gasteiger partial charge in [0, 0.05) is 18.3 Å². The maximum Gasteiger partial charge on any atom is 0.172 e. The van der Waals surface area contributed by atoms with Crippen LogP contribution in [-0.4, -0.2) is 29.7 Å². The van der Waals surface area contributed by atoms with Crippen molar-refractivity contribution in [3.63, 3.8) is 0 Å². The van der Waals surface area contributed by atoms with E-state index in [-0.39, 0.29) is 16.6 Å². The molecule has 1 aliphatic heterocycles. The molecule has 1 N–H and O–H groups in total. The lowest BCUT2D eigenvalue weighted by Gasteiger charge is -2.59. The first-order valence-electron chi connectivity index (χ1n) is 10.5. The van der Waals surface area contributed by atoms with Crippen molar-refractivity contribution in [2.45, 2.75) is 76.6 Å². The number of hydrogen-bond donors (Lipinski definition) is 1. The van der Waals surface area contributed by atoms with Crippen LogP contribution in [0.4, 0.5) is 0 Å². The summed E-state index contributed by atoms with van der Waals surface area (Å²) in [5.74, 6) is 4.36. The highest BCUT2D eigenvalue weighted by Crippen LogP contribution is 2.67. The Labute approximate surface area is 157 Å². The molecular weight excluding hydrogens is 324 g/mol. The number of aliphatic hydroxyl groups is 1. The molecule has 0 aromatic heterocycles. The normalized spacial score (nSPS) is 51.9. The average molecular weight is 357 g/mol. The fourth-order valence-electron chi connectivity index (χ4n) is 7.60. The predicted molar refractivity (Wildman–Crippen MR) is 100 cm³/mol. The zero-order valence-corrected chi connectivity index (χ0v) is 16.2. The molecular formula is C23H32O3. The highest BCUT2D eigenvalue weighted by atomic mass is 16.7. The van der Waals surface area contributed by atoms with Crippen LogP contribution < -0.4 is 0 Å². The van der Waals surface area contributed by atoms with Gasteiger partial charge in [-0.3, -0.25) is 0 Å². The fraction of sp³-hybridized carbons (Fsp3) is 0.826. The zero-order chi connectivity index (χ0) is 18.2. The molecule has 5 rings (SSSR count). The molecule has 5 aliphatic rings. The smallest absolute Gasteiger partial charge is 0.172 e. The van der Waals surface area contributed by atoms with Crippen molar-refractivity contribution in [3.05, 3.63) is 11.6 Å². The van der Waals surface area contributed by atoms with E-state index in [4.69, 9.17) is 15.9 Å². The standard InChI is InChI=1S/C23H32O3/c1-4-22(24)10-8-19-17-6-5-16-15-23(25-13-14-26-23)12-11-20(16,2)18(17)7-9-21(19,22)3/h1,5,17-19,24H,6-15H2,2-3H3/t17-,18?,19?,20+,21?,22?/m1/s1. The molecule has 0 amide bonds. The Balaban J connectivity index is 1.47. The van der Waals surface area contributed by atoms with Crippen LogP contribution in [-0.2, 0) is 9.47 Å². The molecule has 0 aromatic rings. The lowest BCUT2D eigenvalue weighted by atomic mass is 9.47. The van der Waals surface area contributed by atoms with E-state index >= 15 is 0 Å². The Hall–Kier alpha value is -0.820. The van der Waals surface area contributed by atoms with E-state index < -0.39 is 5.60 Å². The van der Waals surface area contributed by atoms with Crippen LogP contribution in [0.2, 0.25) is 0 Å². The third-order valence-corrected chi connectivity index (χ3v) is 9.31. The third-order valence-electron chi connectivity index (χ3n) is 9.31. The molecule has 142 valence electrons. The second-order valence-electron chi connectivity index (χ2n) is 10.0. The summed E-state index contributed by atoms with van der Waals surface area (Å²) in [5, 5.41) is 11.1. The molecule has 1 saturated heterocycles. The van der Waals surface area contributed by atoms with Crippen molar-refractivity contribution in [1.29, 1.82) is 0 Å². The molecule has 3 saturated carbocycles. The van der Waals surface area contributed by atoms with Crippen molar-refractivity contribution in [3.8, 4) is 12.3 Å². The van der Waals surface area contributed by atoms with E-state index in [2.05, 4.69) is 25.8 Å². The average Bonchev–Trinajstić information content (AvgIpc) is 3.19. The van der Waals surface area contributed by atoms with Crippen molar-refractivity contribution < 1.29 is 14.6 Å². The number of allylic oxidation sites excluding steroid dienone is 1. The molecule has 0 bridgehead atoms. The molecule has 1 heterocycles. The maximum atomic E-state index is 11.1. The van der Waals surface area contributed by atoms with Gasteiger partial charge in [-0.25, -0.2) is 0 Å². The molecule has 3 heteroatoms. The summed E-state index contributed by atoms with van der Waals surface area (Å²) in [7, 11) is 0. The Morgan fingerprint density at radius 3 is 2.54 bits per heavy atom. The van der Waals surface area contributed by atoms with Gasteiger partial charge in [0.1, 0.15) is 5.60 Å². The number of rotatable bonds is 0. The van der Waals surface area contributed by atoms with E-state index in [9.17, 15) is 5.11 Å². The number of terminal acetylenes is 1. The van der Waals surface area contributed by atoms with E-state index in [1.54, 1.807) is 5.57 Å². The van der Waals surface area contributed by atoms with Gasteiger partial charge in [-0.05, 0) is 61.7 Å². The Bertz CT molecular complexity index is 684. The molecule has 4 aliphatic carbocycles. The minimum absolute atomic E-state index is 0.113. The highest BCUT2D eigenvalue weighted by Gasteiger charge is 2.64. The van der Waals surface area contributed by atoms with Crippen LogP contribution in [0.5, 0.6) is 0 Å². The molecule has 1 spiro atoms. The summed E-state index contributed by atoms with van der Waals surface area (Å²) in [5.41, 5.74) is 0.816. The lowest BCUT2D eigenvalue weighted by Crippen LogP contribution is -2.55. The predicted octanol–water partition coefficient (Wildman–Crippen LogP) is 4.06. The number of fused-ring (bicyclic) bond motifs is 5. The van der Waals surface area contributed by atoms with Crippen LogP contribution in [0.3, 0.4) is 0 Å². The number of ether oxygens (including phenoxy) is 2. The summed E-state index contributed by atoms with van der Waals surface area (Å²) < 4.78 is 12.0. The Morgan fingerprint density at radius 2 is 1.81 bits per heavy atom. The van der Waals surface area contributed by atoms with Gasteiger partial charge in [-0.1, -0.05) is 31.4 Å². The van der Waals surface area contributed by atoms with Gasteiger partial charge in [0.15, 0.2) is 5.79 Å². The molecule has 4 fully saturated rings. The Kier molecular flexibility index (Phi) is 3.57. The van der Waals surface area contributed by atoms with Crippen molar-refractivity contribution >= 4 is 0 Å². The summed E-state index contributed by atoms with van der Waals surface area (Å²) in [6, 6.07) is 0. The highest BCUT2D eigenvalue weighted by molar-refractivity contribution is 5.29. The van der Waals surface area contributed by atoms with Gasteiger partial charge in [0.05, 0.1) is 13.2 Å². The topological polar surface area (TPSA) is 38.7 Å². The quantitative estimate of drug-likeness (QED) is 0.525. The zero-order valence-electron chi connectivity index (χ0n) is 16.2. The largest absolute Gasteiger partial charge is 0.377 e. The Morgan fingerprint density at radius 1 is 1.08 bits per heavy atom. The summed E-state index contributed by atoms with van der Waals surface area (Å²) in [4.78, 5) is 0. The van der Waals surface area contributed by atoms with Crippen LogP contribution >= 0.6 is 0 Å².